The third-order valence-corrected chi connectivity index (χ3v) is 6.11. The number of amides is 2. The fraction of sp³-hybridized carbons (Fsp3) is 0.857. The molecule has 0 aromatic rings. The highest BCUT2D eigenvalue weighted by Crippen LogP contribution is 2.15. The van der Waals surface area contributed by atoms with Crippen molar-refractivity contribution >= 4 is 23.4 Å². The minimum Gasteiger partial charge on any atom is -0.379 e. The molecule has 0 fully saturated rings. The molecule has 0 bridgehead atoms. The average Bonchev–Trinajstić information content (AvgIpc) is 2.81. The molecule has 0 aliphatic carbocycles. The summed E-state index contributed by atoms with van der Waals surface area (Å²) in [7, 11) is 1.61. The van der Waals surface area contributed by atoms with Crippen molar-refractivity contribution in [3.8, 4) is 0 Å². The van der Waals surface area contributed by atoms with Gasteiger partial charge in [-0.05, 0) is 18.3 Å². The maximum Gasteiger partial charge on any atom is 0.243 e. The van der Waals surface area contributed by atoms with Crippen LogP contribution in [-0.2, 0) is 33.4 Å². The molecular weight excluding hydrogens is 476 g/mol. The van der Waals surface area contributed by atoms with Gasteiger partial charge in [-0.1, -0.05) is 55.4 Å². The van der Waals surface area contributed by atoms with Crippen LogP contribution in [0.3, 0.4) is 0 Å². The molecule has 2 amide bonds. The van der Waals surface area contributed by atoms with Crippen LogP contribution < -0.4 is 5.32 Å². The van der Waals surface area contributed by atoms with Gasteiger partial charge in [-0.3, -0.25) is 19.2 Å². The largest absolute Gasteiger partial charge is 0.379 e. The number of ketones is 2. The van der Waals surface area contributed by atoms with Crippen LogP contribution in [0, 0.1) is 23.7 Å². The lowest BCUT2D eigenvalue weighted by atomic mass is 9.92. The van der Waals surface area contributed by atoms with Gasteiger partial charge in [-0.15, -0.1) is 0 Å². The quantitative estimate of drug-likeness (QED) is 0.228. The van der Waals surface area contributed by atoms with E-state index in [-0.39, 0.29) is 60.1 Å². The van der Waals surface area contributed by atoms with E-state index >= 15 is 0 Å². The summed E-state index contributed by atoms with van der Waals surface area (Å²) in [6, 6.07) is -1.26. The first-order valence-electron chi connectivity index (χ1n) is 13.7. The second kappa shape index (κ2) is 19.3. The molecular formula is C28H52N2O7. The molecule has 0 radical (unpaired) electrons. The number of carbonyl (C=O) groups is 4. The first kappa shape index (κ1) is 35.2. The summed E-state index contributed by atoms with van der Waals surface area (Å²) in [6.07, 6.45) is 1.40. The fourth-order valence-corrected chi connectivity index (χ4v) is 3.76. The van der Waals surface area contributed by atoms with E-state index < -0.39 is 12.1 Å². The molecule has 0 aliphatic rings. The molecule has 1 N–H and O–H groups in total. The first-order chi connectivity index (χ1) is 17.3. The van der Waals surface area contributed by atoms with Crippen LogP contribution in [0.5, 0.6) is 0 Å². The molecule has 0 saturated heterocycles. The van der Waals surface area contributed by atoms with E-state index in [2.05, 4.69) is 5.32 Å². The van der Waals surface area contributed by atoms with Gasteiger partial charge in [0, 0.05) is 31.9 Å². The Morgan fingerprint density at radius 2 is 1.19 bits per heavy atom. The maximum absolute atomic E-state index is 13.1. The lowest BCUT2D eigenvalue weighted by Gasteiger charge is -2.32. The molecule has 0 heterocycles. The van der Waals surface area contributed by atoms with Gasteiger partial charge < -0.3 is 24.4 Å². The predicted molar refractivity (Wildman–Crippen MR) is 144 cm³/mol. The Labute approximate surface area is 224 Å². The van der Waals surface area contributed by atoms with Gasteiger partial charge in [-0.25, -0.2) is 0 Å². The number of carbonyl (C=O) groups excluding carboxylic acids is 4. The first-order valence-corrected chi connectivity index (χ1v) is 13.7. The van der Waals surface area contributed by atoms with E-state index in [0.29, 0.717) is 39.5 Å². The normalized spacial score (nSPS) is 13.3. The monoisotopic (exact) mass is 528 g/mol. The summed E-state index contributed by atoms with van der Waals surface area (Å²) in [4.78, 5) is 51.3. The molecule has 0 saturated carbocycles. The number of hydrogen-bond donors (Lipinski definition) is 1. The Morgan fingerprint density at radius 1 is 0.676 bits per heavy atom. The number of nitrogens with one attached hydrogen (secondary N) is 1. The molecule has 9 heteroatoms. The molecule has 0 unspecified atom stereocenters. The highest BCUT2D eigenvalue weighted by atomic mass is 16.5. The smallest absolute Gasteiger partial charge is 0.243 e. The SMILES string of the molecule is CC(C)C(=O)CCCOCCOCCOCCC(=O)N(C)[C@H](C(=O)N[C@H](C(=O)C(C)C)C(C)C)C(C)C. The fourth-order valence-electron chi connectivity index (χ4n) is 3.76. The van der Waals surface area contributed by atoms with Crippen molar-refractivity contribution < 1.29 is 33.4 Å². The second-order valence-electron chi connectivity index (χ2n) is 10.8. The van der Waals surface area contributed by atoms with Crippen LogP contribution in [0.15, 0.2) is 0 Å². The van der Waals surface area contributed by atoms with Gasteiger partial charge >= 0.3 is 0 Å². The summed E-state index contributed by atoms with van der Waals surface area (Å²) in [6.45, 7) is 17.4. The number of rotatable bonds is 21. The zero-order chi connectivity index (χ0) is 28.5. The number of nitrogens with zero attached hydrogens (tertiary/aromatic N) is 1. The molecule has 0 spiro atoms. The van der Waals surface area contributed by atoms with Crippen molar-refractivity contribution in [1.29, 1.82) is 0 Å². The molecule has 9 nitrogen and oxygen atoms in total. The number of ether oxygens (including phenoxy) is 3. The standard InChI is InChI=1S/C28H52N2O7/c1-19(2)23(31)11-10-13-35-15-17-37-18-16-36-14-12-24(32)30(9)26(21(5)6)28(34)29-25(20(3)4)27(33)22(7)8/h19-22,25-26H,10-18H2,1-9H3,(H,29,34)/t25-,26-/m0/s1. The average molecular weight is 529 g/mol. The summed E-state index contributed by atoms with van der Waals surface area (Å²) < 4.78 is 16.4. The summed E-state index contributed by atoms with van der Waals surface area (Å²) in [5.74, 6) is -0.568. The molecule has 0 aromatic carbocycles. The van der Waals surface area contributed by atoms with E-state index in [9.17, 15) is 19.2 Å². The third-order valence-electron chi connectivity index (χ3n) is 6.11. The Kier molecular flexibility index (Phi) is 18.3. The van der Waals surface area contributed by atoms with Crippen LogP contribution >= 0.6 is 0 Å². The second-order valence-corrected chi connectivity index (χ2v) is 10.8. The van der Waals surface area contributed by atoms with E-state index in [1.807, 2.05) is 55.4 Å². The number of Topliss-reactive ketones (excluding diaryl/α,β-unsaturated/α-hetero) is 2. The molecule has 216 valence electrons. The van der Waals surface area contributed by atoms with Crippen molar-refractivity contribution in [1.82, 2.24) is 10.2 Å². The van der Waals surface area contributed by atoms with Crippen LogP contribution in [0.2, 0.25) is 0 Å². The van der Waals surface area contributed by atoms with Crippen LogP contribution in [-0.4, -0.2) is 87.1 Å². The molecule has 0 aromatic heterocycles. The Bertz CT molecular complexity index is 692. The molecule has 37 heavy (non-hydrogen) atoms. The van der Waals surface area contributed by atoms with Gasteiger partial charge in [0.2, 0.25) is 11.8 Å². The lowest BCUT2D eigenvalue weighted by molar-refractivity contribution is -0.142. The van der Waals surface area contributed by atoms with Crippen molar-refractivity contribution in [3.63, 3.8) is 0 Å². The Hall–Kier alpha value is -1.84. The molecule has 0 aliphatic heterocycles. The van der Waals surface area contributed by atoms with Crippen LogP contribution in [0.25, 0.3) is 0 Å². The van der Waals surface area contributed by atoms with Gasteiger partial charge in [0.05, 0.1) is 45.5 Å². The van der Waals surface area contributed by atoms with E-state index in [4.69, 9.17) is 14.2 Å². The highest BCUT2D eigenvalue weighted by Gasteiger charge is 2.33. The summed E-state index contributed by atoms with van der Waals surface area (Å²) >= 11 is 0. The Morgan fingerprint density at radius 3 is 1.65 bits per heavy atom. The van der Waals surface area contributed by atoms with Gasteiger partial charge in [-0.2, -0.15) is 0 Å². The zero-order valence-electron chi connectivity index (χ0n) is 24.6. The van der Waals surface area contributed by atoms with Crippen molar-refractivity contribution in [2.24, 2.45) is 23.7 Å². The number of likely N-dealkylation sites (N-methyl/N-ethyl adjacent to an activating group) is 1. The minimum atomic E-state index is -0.680. The zero-order valence-corrected chi connectivity index (χ0v) is 24.6. The van der Waals surface area contributed by atoms with E-state index in [0.717, 1.165) is 6.42 Å². The van der Waals surface area contributed by atoms with Crippen LogP contribution in [0.4, 0.5) is 0 Å². The molecule has 0 rings (SSSR count). The predicted octanol–water partition coefficient (Wildman–Crippen LogP) is 3.28. The van der Waals surface area contributed by atoms with Crippen molar-refractivity contribution in [3.05, 3.63) is 0 Å². The highest BCUT2D eigenvalue weighted by molar-refractivity contribution is 5.93. The van der Waals surface area contributed by atoms with Crippen molar-refractivity contribution in [2.75, 3.05) is 46.7 Å². The Balaban J connectivity index is 4.29. The molecule has 2 atom stereocenters. The van der Waals surface area contributed by atoms with Crippen molar-refractivity contribution in [2.45, 2.75) is 86.7 Å². The lowest BCUT2D eigenvalue weighted by Crippen LogP contribution is -2.56. The third kappa shape index (κ3) is 14.6. The van der Waals surface area contributed by atoms with Gasteiger partial charge in [0.25, 0.3) is 0 Å². The summed E-state index contributed by atoms with van der Waals surface area (Å²) in [5.41, 5.74) is 0. The van der Waals surface area contributed by atoms with Gasteiger partial charge in [0.1, 0.15) is 11.8 Å². The topological polar surface area (TPSA) is 111 Å². The van der Waals surface area contributed by atoms with Gasteiger partial charge in [0.15, 0.2) is 5.78 Å². The summed E-state index contributed by atoms with van der Waals surface area (Å²) in [5, 5.41) is 2.88. The van der Waals surface area contributed by atoms with Crippen LogP contribution in [0.1, 0.15) is 74.7 Å². The minimum absolute atomic E-state index is 0.0138. The number of hydrogen-bond acceptors (Lipinski definition) is 7. The van der Waals surface area contributed by atoms with E-state index in [1.54, 1.807) is 7.05 Å². The van der Waals surface area contributed by atoms with E-state index in [1.165, 1.54) is 4.90 Å². The maximum atomic E-state index is 13.1.